The minimum atomic E-state index is -0.230. The lowest BCUT2D eigenvalue weighted by Gasteiger charge is -2.21. The largest absolute Gasteiger partial charge is 0.466 e. The average Bonchev–Trinajstić information content (AvgIpc) is 2.45. The van der Waals surface area contributed by atoms with Crippen LogP contribution in [0, 0.1) is 11.8 Å². The molecule has 0 aromatic rings. The van der Waals surface area contributed by atoms with Crippen LogP contribution in [0.15, 0.2) is 11.6 Å². The molecule has 0 spiro atoms. The van der Waals surface area contributed by atoms with E-state index in [9.17, 15) is 4.79 Å². The monoisotopic (exact) mass is 198 g/mol. The highest BCUT2D eigenvalue weighted by molar-refractivity contribution is 5.89. The molecule has 0 amide bonds. The Morgan fingerprint density at radius 1 is 1.50 bits per heavy atom. The minimum absolute atomic E-state index is 0.120. The Hall–Kier alpha value is -0.830. The molecular formula is C11H18O3. The van der Waals surface area contributed by atoms with Gasteiger partial charge in [-0.3, -0.25) is 0 Å². The SMILES string of the molecule is CCO[C@H]1[C@H](C)C=C(C(=O)OC)[C@H]1C. The van der Waals surface area contributed by atoms with Crippen molar-refractivity contribution in [3.63, 3.8) is 0 Å². The summed E-state index contributed by atoms with van der Waals surface area (Å²) >= 11 is 0. The fourth-order valence-electron chi connectivity index (χ4n) is 2.02. The third kappa shape index (κ3) is 1.98. The first-order valence-corrected chi connectivity index (χ1v) is 5.03. The predicted molar refractivity (Wildman–Crippen MR) is 53.8 cm³/mol. The summed E-state index contributed by atoms with van der Waals surface area (Å²) in [6.07, 6.45) is 2.07. The first kappa shape index (κ1) is 11.2. The molecule has 0 aromatic heterocycles. The Morgan fingerprint density at radius 2 is 2.14 bits per heavy atom. The molecule has 0 unspecified atom stereocenters. The van der Waals surface area contributed by atoms with Crippen molar-refractivity contribution in [2.24, 2.45) is 11.8 Å². The van der Waals surface area contributed by atoms with E-state index in [0.717, 1.165) is 5.57 Å². The molecule has 0 saturated heterocycles. The zero-order valence-electron chi connectivity index (χ0n) is 9.24. The summed E-state index contributed by atoms with van der Waals surface area (Å²) in [5, 5.41) is 0. The second kappa shape index (κ2) is 4.60. The van der Waals surface area contributed by atoms with Gasteiger partial charge in [0, 0.05) is 24.0 Å². The summed E-state index contributed by atoms with van der Waals surface area (Å²) in [7, 11) is 1.41. The summed E-state index contributed by atoms with van der Waals surface area (Å²) in [5.74, 6) is 0.197. The van der Waals surface area contributed by atoms with Crippen molar-refractivity contribution in [2.45, 2.75) is 26.9 Å². The van der Waals surface area contributed by atoms with Crippen molar-refractivity contribution >= 4 is 5.97 Å². The number of carbonyl (C=O) groups is 1. The van der Waals surface area contributed by atoms with Crippen molar-refractivity contribution in [1.82, 2.24) is 0 Å². The van der Waals surface area contributed by atoms with Gasteiger partial charge in [0.15, 0.2) is 0 Å². The first-order valence-electron chi connectivity index (χ1n) is 5.03. The molecule has 14 heavy (non-hydrogen) atoms. The van der Waals surface area contributed by atoms with Gasteiger partial charge < -0.3 is 9.47 Å². The fourth-order valence-corrected chi connectivity index (χ4v) is 2.02. The maximum atomic E-state index is 11.4. The molecule has 0 aliphatic heterocycles. The molecule has 80 valence electrons. The van der Waals surface area contributed by atoms with Gasteiger partial charge in [0.05, 0.1) is 13.2 Å². The minimum Gasteiger partial charge on any atom is -0.466 e. The van der Waals surface area contributed by atoms with Gasteiger partial charge in [-0.15, -0.1) is 0 Å². The van der Waals surface area contributed by atoms with Crippen LogP contribution in [0.5, 0.6) is 0 Å². The topological polar surface area (TPSA) is 35.5 Å². The quantitative estimate of drug-likeness (QED) is 0.648. The van der Waals surface area contributed by atoms with Gasteiger partial charge in [-0.2, -0.15) is 0 Å². The molecule has 0 saturated carbocycles. The standard InChI is InChI=1S/C11H18O3/c1-5-14-10-7(2)6-9(8(10)3)11(12)13-4/h6-8,10H,5H2,1-4H3/t7-,8-,10+/m1/s1. The summed E-state index contributed by atoms with van der Waals surface area (Å²) in [4.78, 5) is 11.4. The molecule has 0 bridgehead atoms. The van der Waals surface area contributed by atoms with Crippen LogP contribution >= 0.6 is 0 Å². The number of hydrogen-bond acceptors (Lipinski definition) is 3. The lowest BCUT2D eigenvalue weighted by Crippen LogP contribution is -2.25. The van der Waals surface area contributed by atoms with E-state index in [-0.39, 0.29) is 18.0 Å². The third-order valence-corrected chi connectivity index (χ3v) is 2.72. The summed E-state index contributed by atoms with van der Waals surface area (Å²) in [6, 6.07) is 0. The van der Waals surface area contributed by atoms with Crippen LogP contribution < -0.4 is 0 Å². The zero-order valence-corrected chi connectivity index (χ0v) is 9.24. The molecule has 3 heteroatoms. The number of hydrogen-bond donors (Lipinski definition) is 0. The normalized spacial score (nSPS) is 31.4. The first-order chi connectivity index (χ1) is 6.61. The van der Waals surface area contributed by atoms with Gasteiger partial charge in [-0.25, -0.2) is 4.79 Å². The van der Waals surface area contributed by atoms with Crippen LogP contribution in [0.2, 0.25) is 0 Å². The maximum Gasteiger partial charge on any atom is 0.333 e. The second-order valence-electron chi connectivity index (χ2n) is 3.68. The molecule has 3 nitrogen and oxygen atoms in total. The van der Waals surface area contributed by atoms with E-state index in [0.29, 0.717) is 12.5 Å². The van der Waals surface area contributed by atoms with Crippen LogP contribution in [0.3, 0.4) is 0 Å². The molecule has 0 heterocycles. The Balaban J connectivity index is 2.73. The highest BCUT2D eigenvalue weighted by Gasteiger charge is 2.35. The van der Waals surface area contributed by atoms with Crippen molar-refractivity contribution < 1.29 is 14.3 Å². The van der Waals surface area contributed by atoms with Gasteiger partial charge in [0.25, 0.3) is 0 Å². The van der Waals surface area contributed by atoms with E-state index in [1.807, 2.05) is 19.9 Å². The molecule has 0 N–H and O–H groups in total. The van der Waals surface area contributed by atoms with Crippen molar-refractivity contribution in [3.05, 3.63) is 11.6 Å². The van der Waals surface area contributed by atoms with Gasteiger partial charge >= 0.3 is 5.97 Å². The lowest BCUT2D eigenvalue weighted by atomic mass is 9.99. The van der Waals surface area contributed by atoms with Crippen LogP contribution in [0.1, 0.15) is 20.8 Å². The second-order valence-corrected chi connectivity index (χ2v) is 3.68. The summed E-state index contributed by atoms with van der Waals surface area (Å²) in [5.41, 5.74) is 0.749. The van der Waals surface area contributed by atoms with E-state index in [1.54, 1.807) is 0 Å². The highest BCUT2D eigenvalue weighted by Crippen LogP contribution is 2.33. The number of carbonyl (C=O) groups excluding carboxylic acids is 1. The average molecular weight is 198 g/mol. The van der Waals surface area contributed by atoms with Gasteiger partial charge in [-0.05, 0) is 6.92 Å². The molecule has 0 fully saturated rings. The molecule has 1 rings (SSSR count). The van der Waals surface area contributed by atoms with Crippen LogP contribution in [-0.4, -0.2) is 25.8 Å². The zero-order chi connectivity index (χ0) is 10.7. The highest BCUT2D eigenvalue weighted by atomic mass is 16.5. The van der Waals surface area contributed by atoms with E-state index in [2.05, 4.69) is 6.92 Å². The molecule has 1 aliphatic carbocycles. The predicted octanol–water partition coefficient (Wildman–Crippen LogP) is 1.78. The Morgan fingerprint density at radius 3 is 2.64 bits per heavy atom. The van der Waals surface area contributed by atoms with Gasteiger partial charge in [0.2, 0.25) is 0 Å². The van der Waals surface area contributed by atoms with E-state index in [4.69, 9.17) is 9.47 Å². The Labute approximate surface area is 85.1 Å². The fraction of sp³-hybridized carbons (Fsp3) is 0.727. The maximum absolute atomic E-state index is 11.4. The summed E-state index contributed by atoms with van der Waals surface area (Å²) in [6.45, 7) is 6.72. The van der Waals surface area contributed by atoms with E-state index < -0.39 is 0 Å². The van der Waals surface area contributed by atoms with Crippen LogP contribution in [0.4, 0.5) is 0 Å². The Kier molecular flexibility index (Phi) is 3.69. The molecule has 0 aromatic carbocycles. The van der Waals surface area contributed by atoms with E-state index >= 15 is 0 Å². The number of esters is 1. The van der Waals surface area contributed by atoms with Gasteiger partial charge in [0.1, 0.15) is 0 Å². The molecule has 0 radical (unpaired) electrons. The summed E-state index contributed by atoms with van der Waals surface area (Å²) < 4.78 is 10.3. The van der Waals surface area contributed by atoms with Crippen molar-refractivity contribution in [1.29, 1.82) is 0 Å². The van der Waals surface area contributed by atoms with Gasteiger partial charge in [-0.1, -0.05) is 19.9 Å². The Bertz CT molecular complexity index is 245. The number of methoxy groups -OCH3 is 1. The van der Waals surface area contributed by atoms with Crippen molar-refractivity contribution in [2.75, 3.05) is 13.7 Å². The number of rotatable bonds is 3. The lowest BCUT2D eigenvalue weighted by molar-refractivity contribution is -0.137. The number of ether oxygens (including phenoxy) is 2. The van der Waals surface area contributed by atoms with Crippen LogP contribution in [0.25, 0.3) is 0 Å². The van der Waals surface area contributed by atoms with Crippen LogP contribution in [-0.2, 0) is 14.3 Å². The molecular weight excluding hydrogens is 180 g/mol. The molecule has 3 atom stereocenters. The molecule has 1 aliphatic rings. The van der Waals surface area contributed by atoms with Crippen molar-refractivity contribution in [3.8, 4) is 0 Å². The smallest absolute Gasteiger partial charge is 0.333 e. The third-order valence-electron chi connectivity index (χ3n) is 2.72. The van der Waals surface area contributed by atoms with E-state index in [1.165, 1.54) is 7.11 Å².